The fourth-order valence-corrected chi connectivity index (χ4v) is 3.83. The van der Waals surface area contributed by atoms with Gasteiger partial charge in [0, 0.05) is 48.8 Å². The van der Waals surface area contributed by atoms with E-state index in [1.807, 2.05) is 30.3 Å². The molecule has 2 aliphatic heterocycles. The van der Waals surface area contributed by atoms with E-state index in [2.05, 4.69) is 19.8 Å². The molecular formula is C21H23N7O. The predicted molar refractivity (Wildman–Crippen MR) is 112 cm³/mol. The van der Waals surface area contributed by atoms with Gasteiger partial charge >= 0.3 is 0 Å². The van der Waals surface area contributed by atoms with Crippen LogP contribution in [0.2, 0.25) is 0 Å². The van der Waals surface area contributed by atoms with E-state index < -0.39 is 0 Å². The van der Waals surface area contributed by atoms with Crippen LogP contribution >= 0.6 is 0 Å². The number of fused-ring (bicyclic) bond motifs is 1. The fourth-order valence-electron chi connectivity index (χ4n) is 3.83. The van der Waals surface area contributed by atoms with Gasteiger partial charge in [-0.15, -0.1) is 0 Å². The second-order valence-electron chi connectivity index (χ2n) is 7.24. The normalized spacial score (nSPS) is 16.6. The molecule has 5 rings (SSSR count). The largest absolute Gasteiger partial charge is 0.399 e. The third-order valence-corrected chi connectivity index (χ3v) is 5.36. The fraction of sp³-hybridized carbons (Fsp3) is 0.333. The van der Waals surface area contributed by atoms with Crippen LogP contribution in [-0.2, 0) is 17.7 Å². The third-order valence-electron chi connectivity index (χ3n) is 5.36. The number of morpholine rings is 1. The Labute approximate surface area is 169 Å². The highest BCUT2D eigenvalue weighted by atomic mass is 16.5. The van der Waals surface area contributed by atoms with Crippen molar-refractivity contribution in [3.8, 4) is 11.4 Å². The lowest BCUT2D eigenvalue weighted by atomic mass is 10.0. The van der Waals surface area contributed by atoms with Gasteiger partial charge in [0.15, 0.2) is 5.82 Å². The molecule has 2 aromatic heterocycles. The summed E-state index contributed by atoms with van der Waals surface area (Å²) in [6.45, 7) is 4.65. The molecule has 1 fully saturated rings. The van der Waals surface area contributed by atoms with E-state index in [9.17, 15) is 0 Å². The van der Waals surface area contributed by atoms with Crippen molar-refractivity contribution in [1.82, 2.24) is 19.9 Å². The zero-order valence-corrected chi connectivity index (χ0v) is 16.2. The Morgan fingerprint density at radius 1 is 0.897 bits per heavy atom. The van der Waals surface area contributed by atoms with Gasteiger partial charge in [-0.3, -0.25) is 0 Å². The molecule has 0 unspecified atom stereocenters. The number of rotatable bonds is 3. The number of hydrogen-bond acceptors (Lipinski definition) is 8. The summed E-state index contributed by atoms with van der Waals surface area (Å²) in [5.41, 5.74) is 9.81. The first-order valence-corrected chi connectivity index (χ1v) is 9.88. The van der Waals surface area contributed by atoms with Crippen molar-refractivity contribution in [3.05, 3.63) is 54.0 Å². The van der Waals surface area contributed by atoms with Gasteiger partial charge in [0.2, 0.25) is 5.95 Å². The summed E-state index contributed by atoms with van der Waals surface area (Å²) in [7, 11) is 0. The molecule has 3 aromatic rings. The molecule has 0 radical (unpaired) electrons. The zero-order chi connectivity index (χ0) is 19.6. The minimum Gasteiger partial charge on any atom is -0.399 e. The second-order valence-corrected chi connectivity index (χ2v) is 7.24. The number of benzene rings is 1. The summed E-state index contributed by atoms with van der Waals surface area (Å²) in [4.78, 5) is 23.2. The average Bonchev–Trinajstić information content (AvgIpc) is 2.79. The lowest BCUT2D eigenvalue weighted by Gasteiger charge is -2.34. The standard InChI is InChI=1S/C21H23N7O/c22-16-4-2-15(3-5-16)19-25-18-14-28(21-23-7-1-8-24-21)9-6-17(18)20(26-19)27-10-12-29-13-11-27/h1-5,7-8H,6,9-14,22H2. The molecule has 0 spiro atoms. The maximum Gasteiger partial charge on any atom is 0.225 e. The molecule has 8 heteroatoms. The van der Waals surface area contributed by atoms with Crippen molar-refractivity contribution < 1.29 is 4.74 Å². The first-order chi connectivity index (χ1) is 14.3. The van der Waals surface area contributed by atoms with E-state index in [1.54, 1.807) is 12.4 Å². The number of ether oxygens (including phenoxy) is 1. The van der Waals surface area contributed by atoms with E-state index in [4.69, 9.17) is 20.4 Å². The van der Waals surface area contributed by atoms with Crippen LogP contribution in [0.3, 0.4) is 0 Å². The number of aromatic nitrogens is 4. The molecule has 1 saturated heterocycles. The lowest BCUT2D eigenvalue weighted by Crippen LogP contribution is -2.39. The highest BCUT2D eigenvalue weighted by Crippen LogP contribution is 2.31. The van der Waals surface area contributed by atoms with Gasteiger partial charge in [-0.05, 0) is 36.8 Å². The predicted octanol–water partition coefficient (Wildman–Crippen LogP) is 1.92. The number of nitrogens with two attached hydrogens (primary N) is 1. The molecular weight excluding hydrogens is 366 g/mol. The van der Waals surface area contributed by atoms with Crippen molar-refractivity contribution in [2.24, 2.45) is 0 Å². The molecule has 0 atom stereocenters. The molecule has 1 aromatic carbocycles. The van der Waals surface area contributed by atoms with Gasteiger partial charge in [0.25, 0.3) is 0 Å². The number of nitrogen functional groups attached to an aromatic ring is 1. The average molecular weight is 389 g/mol. The molecule has 0 amide bonds. The summed E-state index contributed by atoms with van der Waals surface area (Å²) >= 11 is 0. The van der Waals surface area contributed by atoms with Crippen LogP contribution < -0.4 is 15.5 Å². The second kappa shape index (κ2) is 7.63. The summed E-state index contributed by atoms with van der Waals surface area (Å²) in [5, 5.41) is 0. The smallest absolute Gasteiger partial charge is 0.225 e. The monoisotopic (exact) mass is 389 g/mol. The van der Waals surface area contributed by atoms with Crippen molar-refractivity contribution in [3.63, 3.8) is 0 Å². The lowest BCUT2D eigenvalue weighted by molar-refractivity contribution is 0.122. The summed E-state index contributed by atoms with van der Waals surface area (Å²) in [5.74, 6) is 2.48. The summed E-state index contributed by atoms with van der Waals surface area (Å²) in [6.07, 6.45) is 4.41. The Kier molecular flexibility index (Phi) is 4.69. The highest BCUT2D eigenvalue weighted by molar-refractivity contribution is 5.63. The van der Waals surface area contributed by atoms with Crippen LogP contribution in [0.15, 0.2) is 42.7 Å². The molecule has 0 aliphatic carbocycles. The molecule has 29 heavy (non-hydrogen) atoms. The Hall–Kier alpha value is -3.26. The third kappa shape index (κ3) is 3.58. The summed E-state index contributed by atoms with van der Waals surface area (Å²) in [6, 6.07) is 9.55. The minimum atomic E-state index is 0.668. The molecule has 8 nitrogen and oxygen atoms in total. The van der Waals surface area contributed by atoms with E-state index in [0.29, 0.717) is 6.54 Å². The van der Waals surface area contributed by atoms with Crippen LogP contribution in [0.4, 0.5) is 17.5 Å². The van der Waals surface area contributed by atoms with Crippen LogP contribution in [0, 0.1) is 0 Å². The number of nitrogens with zero attached hydrogens (tertiary/aromatic N) is 6. The SMILES string of the molecule is Nc1ccc(-c2nc3c(c(N4CCOCC4)n2)CCN(c2ncccn2)C3)cc1. The maximum absolute atomic E-state index is 5.86. The highest BCUT2D eigenvalue weighted by Gasteiger charge is 2.27. The van der Waals surface area contributed by atoms with Crippen molar-refractivity contribution in [2.45, 2.75) is 13.0 Å². The van der Waals surface area contributed by atoms with Gasteiger partial charge in [-0.1, -0.05) is 0 Å². The zero-order valence-electron chi connectivity index (χ0n) is 16.2. The molecule has 0 bridgehead atoms. The Morgan fingerprint density at radius 3 is 2.41 bits per heavy atom. The van der Waals surface area contributed by atoms with Crippen LogP contribution in [-0.4, -0.2) is 52.8 Å². The topological polar surface area (TPSA) is 93.3 Å². The van der Waals surface area contributed by atoms with Gasteiger partial charge in [0.1, 0.15) is 5.82 Å². The van der Waals surface area contributed by atoms with Crippen molar-refractivity contribution in [1.29, 1.82) is 0 Å². The van der Waals surface area contributed by atoms with E-state index in [-0.39, 0.29) is 0 Å². The van der Waals surface area contributed by atoms with Crippen molar-refractivity contribution in [2.75, 3.05) is 48.4 Å². The molecule has 2 N–H and O–H groups in total. The van der Waals surface area contributed by atoms with E-state index in [0.717, 1.165) is 73.8 Å². The number of anilines is 3. The van der Waals surface area contributed by atoms with Crippen LogP contribution in [0.25, 0.3) is 11.4 Å². The quantitative estimate of drug-likeness (QED) is 0.679. The van der Waals surface area contributed by atoms with E-state index in [1.165, 1.54) is 5.56 Å². The van der Waals surface area contributed by atoms with Crippen LogP contribution in [0.5, 0.6) is 0 Å². The van der Waals surface area contributed by atoms with Crippen LogP contribution in [0.1, 0.15) is 11.3 Å². The van der Waals surface area contributed by atoms with E-state index >= 15 is 0 Å². The Morgan fingerprint density at radius 2 is 1.66 bits per heavy atom. The van der Waals surface area contributed by atoms with Gasteiger partial charge in [-0.25, -0.2) is 19.9 Å². The first kappa shape index (κ1) is 17.8. The molecule has 4 heterocycles. The van der Waals surface area contributed by atoms with Crippen molar-refractivity contribution >= 4 is 17.5 Å². The minimum absolute atomic E-state index is 0.668. The molecule has 148 valence electrons. The molecule has 0 saturated carbocycles. The first-order valence-electron chi connectivity index (χ1n) is 9.88. The molecule has 2 aliphatic rings. The summed E-state index contributed by atoms with van der Waals surface area (Å²) < 4.78 is 5.54. The van der Waals surface area contributed by atoms with Gasteiger partial charge in [0.05, 0.1) is 25.5 Å². The van der Waals surface area contributed by atoms with Gasteiger partial charge in [-0.2, -0.15) is 0 Å². The number of hydrogen-bond donors (Lipinski definition) is 1. The Balaban J connectivity index is 1.56. The van der Waals surface area contributed by atoms with Gasteiger partial charge < -0.3 is 20.3 Å². The maximum atomic E-state index is 5.86. The Bertz CT molecular complexity index is 988.